The Morgan fingerprint density at radius 2 is 1.78 bits per heavy atom. The zero-order valence-corrected chi connectivity index (χ0v) is 17.2. The van der Waals surface area contributed by atoms with Crippen LogP contribution >= 0.6 is 11.6 Å². The molecule has 0 saturated heterocycles. The van der Waals surface area contributed by atoms with Crippen molar-refractivity contribution >= 4 is 28.8 Å². The Bertz CT molecular complexity index is 1240. The number of pyridine rings is 1. The van der Waals surface area contributed by atoms with E-state index in [1.54, 1.807) is 47.0 Å². The molecule has 0 radical (unpaired) electrons. The summed E-state index contributed by atoms with van der Waals surface area (Å²) >= 11 is 6.04. The molecule has 32 heavy (non-hydrogen) atoms. The molecule has 2 aromatic heterocycles. The van der Waals surface area contributed by atoms with Crippen LogP contribution in [0, 0.1) is 0 Å². The summed E-state index contributed by atoms with van der Waals surface area (Å²) in [7, 11) is 0. The van der Waals surface area contributed by atoms with Crippen LogP contribution in [0.15, 0.2) is 72.9 Å². The van der Waals surface area contributed by atoms with Crippen LogP contribution in [0.2, 0.25) is 5.02 Å². The van der Waals surface area contributed by atoms with Crippen molar-refractivity contribution in [2.45, 2.75) is 18.8 Å². The Balaban J connectivity index is 1.59. The van der Waals surface area contributed by atoms with Gasteiger partial charge in [0.05, 0.1) is 22.8 Å². The average molecular weight is 460 g/mol. The minimum Gasteiger partial charge on any atom is -0.323 e. The zero-order valence-electron chi connectivity index (χ0n) is 16.5. The summed E-state index contributed by atoms with van der Waals surface area (Å²) in [5, 5.41) is 13.8. The molecule has 0 unspecified atom stereocenters. The molecule has 0 aliphatic rings. The predicted molar refractivity (Wildman–Crippen MR) is 114 cm³/mol. The van der Waals surface area contributed by atoms with Gasteiger partial charge in [-0.15, -0.1) is 10.2 Å². The summed E-state index contributed by atoms with van der Waals surface area (Å²) < 4.78 is 41.0. The molecule has 0 fully saturated rings. The van der Waals surface area contributed by atoms with Crippen LogP contribution < -0.4 is 10.6 Å². The van der Waals surface area contributed by atoms with Gasteiger partial charge in [-0.3, -0.25) is 14.5 Å². The molecule has 1 amide bonds. The predicted octanol–water partition coefficient (Wildman–Crippen LogP) is 4.87. The molecule has 0 saturated carbocycles. The quantitative estimate of drug-likeness (QED) is 0.431. The highest BCUT2D eigenvalue weighted by Crippen LogP contribution is 2.34. The molecule has 4 aromatic rings. The van der Waals surface area contributed by atoms with Gasteiger partial charge in [-0.05, 0) is 35.9 Å². The lowest BCUT2D eigenvalue weighted by Crippen LogP contribution is -2.33. The Kier molecular flexibility index (Phi) is 6.11. The maximum Gasteiger partial charge on any atom is 0.416 e. The molecule has 0 aliphatic heterocycles. The molecule has 2 heterocycles. The fourth-order valence-corrected chi connectivity index (χ4v) is 3.38. The number of hydrogen-bond acceptors (Lipinski definition) is 4. The Hall–Kier alpha value is -3.43. The van der Waals surface area contributed by atoms with Crippen LogP contribution in [-0.2, 0) is 17.5 Å². The van der Waals surface area contributed by atoms with Gasteiger partial charge in [-0.25, -0.2) is 0 Å². The van der Waals surface area contributed by atoms with Gasteiger partial charge in [0.25, 0.3) is 0 Å². The van der Waals surface area contributed by atoms with Crippen LogP contribution in [0.4, 0.5) is 18.9 Å². The van der Waals surface area contributed by atoms with Crippen LogP contribution in [0.3, 0.4) is 0 Å². The lowest BCUT2D eigenvalue weighted by molar-refractivity contribution is -0.137. The van der Waals surface area contributed by atoms with Gasteiger partial charge in [0.1, 0.15) is 6.04 Å². The van der Waals surface area contributed by atoms with Gasteiger partial charge < -0.3 is 5.32 Å². The van der Waals surface area contributed by atoms with E-state index in [4.69, 9.17) is 11.6 Å². The lowest BCUT2D eigenvalue weighted by Gasteiger charge is -2.19. The molecule has 0 spiro atoms. The van der Waals surface area contributed by atoms with E-state index in [1.807, 2.05) is 12.1 Å². The van der Waals surface area contributed by atoms with Crippen LogP contribution in [-0.4, -0.2) is 20.5 Å². The van der Waals surface area contributed by atoms with Gasteiger partial charge in [-0.2, -0.15) is 13.2 Å². The fraction of sp³-hybridized carbons (Fsp3) is 0.136. The number of hydrogen-bond donors (Lipinski definition) is 2. The minimum atomic E-state index is -4.56. The van der Waals surface area contributed by atoms with Crippen molar-refractivity contribution in [2.24, 2.45) is 0 Å². The van der Waals surface area contributed by atoms with E-state index in [9.17, 15) is 18.0 Å². The highest BCUT2D eigenvalue weighted by molar-refractivity contribution is 6.33. The molecule has 1 atom stereocenters. The van der Waals surface area contributed by atoms with E-state index in [0.717, 1.165) is 18.2 Å². The maximum absolute atomic E-state index is 13.1. The van der Waals surface area contributed by atoms with Crippen molar-refractivity contribution in [1.29, 1.82) is 0 Å². The number of halogens is 4. The SMILES string of the molecule is O=C(Nc1cc(C(F)(F)F)ccc1Cl)[C@@H](NCc1nnc2ccccn12)c1ccccc1. The first-order chi connectivity index (χ1) is 15.3. The second kappa shape index (κ2) is 8.97. The summed E-state index contributed by atoms with van der Waals surface area (Å²) in [5.41, 5.74) is 0.251. The van der Waals surface area contributed by atoms with E-state index in [0.29, 0.717) is 17.0 Å². The van der Waals surface area contributed by atoms with E-state index in [-0.39, 0.29) is 17.3 Å². The molecule has 164 valence electrons. The number of anilines is 1. The van der Waals surface area contributed by atoms with Gasteiger partial charge in [0, 0.05) is 6.20 Å². The van der Waals surface area contributed by atoms with Gasteiger partial charge in [0.15, 0.2) is 11.5 Å². The third kappa shape index (κ3) is 4.74. The van der Waals surface area contributed by atoms with E-state index in [2.05, 4.69) is 20.8 Å². The number of carbonyl (C=O) groups is 1. The Morgan fingerprint density at radius 3 is 2.53 bits per heavy atom. The van der Waals surface area contributed by atoms with Gasteiger partial charge >= 0.3 is 6.18 Å². The van der Waals surface area contributed by atoms with Crippen molar-refractivity contribution < 1.29 is 18.0 Å². The molecule has 2 N–H and O–H groups in total. The maximum atomic E-state index is 13.1. The number of carbonyl (C=O) groups excluding carboxylic acids is 1. The third-order valence-corrected chi connectivity index (χ3v) is 5.12. The van der Waals surface area contributed by atoms with Crippen molar-refractivity contribution in [3.05, 3.63) is 94.9 Å². The van der Waals surface area contributed by atoms with E-state index < -0.39 is 23.7 Å². The van der Waals surface area contributed by atoms with E-state index >= 15 is 0 Å². The second-order valence-corrected chi connectivity index (χ2v) is 7.36. The number of fused-ring (bicyclic) bond motifs is 1. The zero-order chi connectivity index (χ0) is 22.7. The van der Waals surface area contributed by atoms with Gasteiger partial charge in [0.2, 0.25) is 5.91 Å². The number of alkyl halides is 3. The van der Waals surface area contributed by atoms with E-state index in [1.165, 1.54) is 0 Å². The minimum absolute atomic E-state index is 0.00149. The number of nitrogens with one attached hydrogen (secondary N) is 2. The number of amides is 1. The summed E-state index contributed by atoms with van der Waals surface area (Å²) in [4.78, 5) is 13.1. The molecule has 6 nitrogen and oxygen atoms in total. The molecular weight excluding hydrogens is 443 g/mol. The van der Waals surface area contributed by atoms with Crippen LogP contribution in [0.5, 0.6) is 0 Å². The molecule has 0 aliphatic carbocycles. The normalized spacial score (nSPS) is 12.6. The molecule has 0 bridgehead atoms. The van der Waals surface area contributed by atoms with Crippen molar-refractivity contribution in [1.82, 2.24) is 19.9 Å². The number of nitrogens with zero attached hydrogens (tertiary/aromatic N) is 3. The lowest BCUT2D eigenvalue weighted by atomic mass is 10.1. The van der Waals surface area contributed by atoms with Gasteiger partial charge in [-0.1, -0.05) is 48.0 Å². The Labute approximate surface area is 186 Å². The summed E-state index contributed by atoms with van der Waals surface area (Å²) in [5.74, 6) is 0.0117. The first kappa shape index (κ1) is 21.8. The highest BCUT2D eigenvalue weighted by atomic mass is 35.5. The molecule has 4 rings (SSSR count). The molecule has 10 heteroatoms. The number of aromatic nitrogens is 3. The molecular formula is C22H17ClF3N5O. The standard InChI is InChI=1S/C22H17ClF3N5O/c23-16-10-9-15(22(24,25)26)12-17(16)28-21(32)20(14-6-2-1-3-7-14)27-13-19-30-29-18-8-4-5-11-31(18)19/h1-12,20,27H,13H2,(H,28,32)/t20-/m0/s1. The monoisotopic (exact) mass is 459 g/mol. The third-order valence-electron chi connectivity index (χ3n) is 4.80. The largest absolute Gasteiger partial charge is 0.416 e. The summed E-state index contributed by atoms with van der Waals surface area (Å²) in [6.45, 7) is 0.189. The highest BCUT2D eigenvalue weighted by Gasteiger charge is 2.31. The number of benzene rings is 2. The fourth-order valence-electron chi connectivity index (χ4n) is 3.21. The van der Waals surface area contributed by atoms with Crippen LogP contribution in [0.1, 0.15) is 23.0 Å². The smallest absolute Gasteiger partial charge is 0.323 e. The number of rotatable bonds is 6. The first-order valence-corrected chi connectivity index (χ1v) is 9.95. The Morgan fingerprint density at radius 1 is 1.03 bits per heavy atom. The van der Waals surface area contributed by atoms with Crippen LogP contribution in [0.25, 0.3) is 5.65 Å². The summed E-state index contributed by atoms with van der Waals surface area (Å²) in [6.07, 6.45) is -2.76. The van der Waals surface area contributed by atoms with Crippen molar-refractivity contribution in [3.63, 3.8) is 0 Å². The topological polar surface area (TPSA) is 71.3 Å². The van der Waals surface area contributed by atoms with Crippen molar-refractivity contribution in [2.75, 3.05) is 5.32 Å². The average Bonchev–Trinajstić information content (AvgIpc) is 3.18. The molecule has 2 aromatic carbocycles. The van der Waals surface area contributed by atoms with Crippen molar-refractivity contribution in [3.8, 4) is 0 Å². The first-order valence-electron chi connectivity index (χ1n) is 9.57. The summed E-state index contributed by atoms with van der Waals surface area (Å²) in [6, 6.07) is 16.2. The second-order valence-electron chi connectivity index (χ2n) is 6.95.